The Morgan fingerprint density at radius 1 is 1.26 bits per heavy atom. The molecule has 2 rings (SSSR count). The number of hydrazine groups is 1. The van der Waals surface area contributed by atoms with E-state index in [9.17, 15) is 0 Å². The average Bonchev–Trinajstić information content (AvgIpc) is 2.44. The van der Waals surface area contributed by atoms with Gasteiger partial charge in [0.05, 0.1) is 6.20 Å². The summed E-state index contributed by atoms with van der Waals surface area (Å²) in [6, 6.07) is 8.17. The van der Waals surface area contributed by atoms with Gasteiger partial charge < -0.3 is 5.32 Å². The van der Waals surface area contributed by atoms with Crippen LogP contribution in [-0.2, 0) is 6.42 Å². The molecule has 0 spiro atoms. The van der Waals surface area contributed by atoms with E-state index in [0.29, 0.717) is 16.8 Å². The normalized spacial score (nSPS) is 10.3. The van der Waals surface area contributed by atoms with Gasteiger partial charge >= 0.3 is 0 Å². The highest BCUT2D eigenvalue weighted by Gasteiger charge is 2.05. The monoisotopic (exact) mass is 277 g/mol. The van der Waals surface area contributed by atoms with Crippen molar-refractivity contribution >= 4 is 29.1 Å². The highest BCUT2D eigenvalue weighted by atomic mass is 35.5. The molecule has 0 atom stereocenters. The molecule has 0 aliphatic heterocycles. The zero-order valence-corrected chi connectivity index (χ0v) is 11.4. The predicted octanol–water partition coefficient (Wildman–Crippen LogP) is 3.11. The van der Waals surface area contributed by atoms with Crippen molar-refractivity contribution in [2.24, 2.45) is 5.84 Å². The lowest BCUT2D eigenvalue weighted by Crippen LogP contribution is -2.11. The number of anilines is 3. The molecule has 0 fully saturated rings. The van der Waals surface area contributed by atoms with Crippen LogP contribution < -0.4 is 16.6 Å². The molecule has 4 N–H and O–H groups in total. The number of hydrogen-bond donors (Lipinski definition) is 3. The molecule has 2 aromatic rings. The van der Waals surface area contributed by atoms with Crippen molar-refractivity contribution in [2.45, 2.75) is 19.8 Å². The molecule has 1 aromatic carbocycles. The van der Waals surface area contributed by atoms with Crippen LogP contribution in [0, 0.1) is 0 Å². The largest absolute Gasteiger partial charge is 0.339 e. The van der Waals surface area contributed by atoms with Gasteiger partial charge in [0.25, 0.3) is 0 Å². The number of hydrogen-bond acceptors (Lipinski definition) is 5. The molecule has 6 heteroatoms. The standard InChI is InChI=1S/C13H16ClN5/c1-2-3-9-4-6-10(7-5-9)17-12-11(14)8-16-13(18-12)19-15/h4-8H,2-3,15H2,1H3,(H2,16,17,18,19). The minimum absolute atomic E-state index is 0.314. The number of benzene rings is 1. The van der Waals surface area contributed by atoms with Gasteiger partial charge in [0.15, 0.2) is 5.82 Å². The fourth-order valence-electron chi connectivity index (χ4n) is 1.70. The molecule has 100 valence electrons. The molecular weight excluding hydrogens is 262 g/mol. The lowest BCUT2D eigenvalue weighted by molar-refractivity contribution is 0.922. The molecular formula is C13H16ClN5. The van der Waals surface area contributed by atoms with Crippen molar-refractivity contribution < 1.29 is 0 Å². The van der Waals surface area contributed by atoms with Crippen LogP contribution in [0.4, 0.5) is 17.5 Å². The van der Waals surface area contributed by atoms with Crippen LogP contribution in [-0.4, -0.2) is 9.97 Å². The Kier molecular flexibility index (Phi) is 4.54. The third kappa shape index (κ3) is 3.56. The van der Waals surface area contributed by atoms with Gasteiger partial charge in [0, 0.05) is 5.69 Å². The SMILES string of the molecule is CCCc1ccc(Nc2nc(NN)ncc2Cl)cc1. The van der Waals surface area contributed by atoms with E-state index in [1.807, 2.05) is 12.1 Å². The number of aryl methyl sites for hydroxylation is 1. The second kappa shape index (κ2) is 6.36. The quantitative estimate of drug-likeness (QED) is 0.578. The lowest BCUT2D eigenvalue weighted by Gasteiger charge is -2.09. The maximum atomic E-state index is 6.03. The van der Waals surface area contributed by atoms with Crippen molar-refractivity contribution in [3.05, 3.63) is 41.0 Å². The van der Waals surface area contributed by atoms with Crippen molar-refractivity contribution in [1.82, 2.24) is 9.97 Å². The number of nitrogens with one attached hydrogen (secondary N) is 2. The summed E-state index contributed by atoms with van der Waals surface area (Å²) >= 11 is 6.03. The van der Waals surface area contributed by atoms with E-state index in [1.54, 1.807) is 0 Å². The summed E-state index contributed by atoms with van der Waals surface area (Å²) in [7, 11) is 0. The molecule has 0 radical (unpaired) electrons. The Balaban J connectivity index is 2.16. The van der Waals surface area contributed by atoms with E-state index >= 15 is 0 Å². The summed E-state index contributed by atoms with van der Waals surface area (Å²) in [6.07, 6.45) is 3.71. The van der Waals surface area contributed by atoms with Gasteiger partial charge in [-0.15, -0.1) is 0 Å². The fraction of sp³-hybridized carbons (Fsp3) is 0.231. The number of rotatable bonds is 5. The zero-order chi connectivity index (χ0) is 13.7. The van der Waals surface area contributed by atoms with Gasteiger partial charge in [-0.1, -0.05) is 37.1 Å². The van der Waals surface area contributed by atoms with E-state index in [0.717, 1.165) is 18.5 Å². The molecule has 0 aliphatic carbocycles. The summed E-state index contributed by atoms with van der Waals surface area (Å²) in [4.78, 5) is 8.07. The Morgan fingerprint density at radius 3 is 2.63 bits per heavy atom. The summed E-state index contributed by atoms with van der Waals surface area (Å²) in [5.74, 6) is 6.11. The first-order valence-electron chi connectivity index (χ1n) is 6.08. The highest BCUT2D eigenvalue weighted by molar-refractivity contribution is 6.32. The van der Waals surface area contributed by atoms with Gasteiger partial charge in [-0.05, 0) is 24.1 Å². The molecule has 19 heavy (non-hydrogen) atoms. The number of nitrogen functional groups attached to an aromatic ring is 1. The fourth-order valence-corrected chi connectivity index (χ4v) is 1.84. The topological polar surface area (TPSA) is 75.9 Å². The van der Waals surface area contributed by atoms with E-state index in [-0.39, 0.29) is 0 Å². The molecule has 0 unspecified atom stereocenters. The minimum atomic E-state index is 0.314. The number of aromatic nitrogens is 2. The van der Waals surface area contributed by atoms with Crippen LogP contribution in [0.3, 0.4) is 0 Å². The van der Waals surface area contributed by atoms with Crippen LogP contribution in [0.5, 0.6) is 0 Å². The van der Waals surface area contributed by atoms with Crippen LogP contribution in [0.25, 0.3) is 0 Å². The molecule has 0 aliphatic rings. The second-order valence-electron chi connectivity index (χ2n) is 4.11. The number of halogens is 1. The molecule has 5 nitrogen and oxygen atoms in total. The zero-order valence-electron chi connectivity index (χ0n) is 10.7. The van der Waals surface area contributed by atoms with Gasteiger partial charge in [-0.2, -0.15) is 4.98 Å². The molecule has 0 saturated carbocycles. The van der Waals surface area contributed by atoms with Crippen molar-refractivity contribution in [1.29, 1.82) is 0 Å². The summed E-state index contributed by atoms with van der Waals surface area (Å²) in [5.41, 5.74) is 4.62. The summed E-state index contributed by atoms with van der Waals surface area (Å²) in [6.45, 7) is 2.16. The summed E-state index contributed by atoms with van der Waals surface area (Å²) < 4.78 is 0. The Morgan fingerprint density at radius 2 is 2.00 bits per heavy atom. The summed E-state index contributed by atoms with van der Waals surface area (Å²) in [5, 5.41) is 3.58. The number of nitrogens with zero attached hydrogens (tertiary/aromatic N) is 2. The maximum absolute atomic E-state index is 6.03. The maximum Gasteiger partial charge on any atom is 0.239 e. The van der Waals surface area contributed by atoms with Crippen molar-refractivity contribution in [3.8, 4) is 0 Å². The highest BCUT2D eigenvalue weighted by Crippen LogP contribution is 2.23. The Bertz CT molecular complexity index is 541. The first-order valence-corrected chi connectivity index (χ1v) is 6.46. The van der Waals surface area contributed by atoms with Crippen molar-refractivity contribution in [2.75, 3.05) is 10.7 Å². The van der Waals surface area contributed by atoms with Gasteiger partial charge in [-0.25, -0.2) is 10.8 Å². The first-order chi connectivity index (χ1) is 9.22. The molecule has 0 bridgehead atoms. The lowest BCUT2D eigenvalue weighted by atomic mass is 10.1. The molecule has 1 heterocycles. The van der Waals surface area contributed by atoms with Gasteiger partial charge in [0.1, 0.15) is 5.02 Å². The van der Waals surface area contributed by atoms with E-state index in [4.69, 9.17) is 17.4 Å². The van der Waals surface area contributed by atoms with Gasteiger partial charge in [0.2, 0.25) is 5.95 Å². The first kappa shape index (κ1) is 13.6. The van der Waals surface area contributed by atoms with Crippen LogP contribution in [0.15, 0.2) is 30.5 Å². The van der Waals surface area contributed by atoms with Crippen LogP contribution >= 0.6 is 11.6 Å². The molecule has 0 saturated heterocycles. The Hall–Kier alpha value is -1.85. The van der Waals surface area contributed by atoms with E-state index in [2.05, 4.69) is 39.8 Å². The number of nitrogens with two attached hydrogens (primary N) is 1. The predicted molar refractivity (Wildman–Crippen MR) is 78.6 cm³/mol. The third-order valence-corrected chi connectivity index (χ3v) is 2.91. The second-order valence-corrected chi connectivity index (χ2v) is 4.51. The molecule has 0 amide bonds. The van der Waals surface area contributed by atoms with E-state index < -0.39 is 0 Å². The Labute approximate surface area is 117 Å². The van der Waals surface area contributed by atoms with Crippen LogP contribution in [0.2, 0.25) is 5.02 Å². The average molecular weight is 278 g/mol. The smallest absolute Gasteiger partial charge is 0.239 e. The van der Waals surface area contributed by atoms with Gasteiger partial charge in [-0.3, -0.25) is 5.43 Å². The van der Waals surface area contributed by atoms with E-state index in [1.165, 1.54) is 11.8 Å². The molecule has 1 aromatic heterocycles. The van der Waals surface area contributed by atoms with Crippen LogP contribution in [0.1, 0.15) is 18.9 Å². The third-order valence-electron chi connectivity index (χ3n) is 2.63. The van der Waals surface area contributed by atoms with Crippen molar-refractivity contribution in [3.63, 3.8) is 0 Å². The minimum Gasteiger partial charge on any atom is -0.339 e.